The van der Waals surface area contributed by atoms with Crippen molar-refractivity contribution >= 4 is 5.97 Å². The summed E-state index contributed by atoms with van der Waals surface area (Å²) in [6.45, 7) is 3.60. The molecule has 0 unspecified atom stereocenters. The zero-order chi connectivity index (χ0) is 15.6. The predicted octanol–water partition coefficient (Wildman–Crippen LogP) is 1.62. The molecular weight excluding hydrogens is 272 g/mol. The minimum atomic E-state index is -1.22. The van der Waals surface area contributed by atoms with Crippen LogP contribution >= 0.6 is 0 Å². The Morgan fingerprint density at radius 2 is 2.14 bits per heavy atom. The van der Waals surface area contributed by atoms with Crippen LogP contribution in [-0.4, -0.2) is 27.7 Å². The number of aromatic carboxylic acids is 1. The van der Waals surface area contributed by atoms with Crippen LogP contribution in [0.3, 0.4) is 0 Å². The highest BCUT2D eigenvalue weighted by Gasteiger charge is 2.17. The molecule has 0 radical (unpaired) electrons. The number of rotatable bonds is 4. The van der Waals surface area contributed by atoms with Crippen molar-refractivity contribution in [1.29, 1.82) is 0 Å². The zero-order valence-corrected chi connectivity index (χ0v) is 12.1. The van der Waals surface area contributed by atoms with Crippen molar-refractivity contribution in [2.75, 3.05) is 7.11 Å². The summed E-state index contributed by atoms with van der Waals surface area (Å²) in [5.74, 6) is -0.800. The molecule has 110 valence electrons. The first-order chi connectivity index (χ1) is 9.95. The molecule has 0 aliphatic heterocycles. The second-order valence-corrected chi connectivity index (χ2v) is 4.71. The van der Waals surface area contributed by atoms with E-state index in [9.17, 15) is 14.7 Å². The summed E-state index contributed by atoms with van der Waals surface area (Å²) in [6.07, 6.45) is 1.59. The van der Waals surface area contributed by atoms with Crippen molar-refractivity contribution in [2.24, 2.45) is 0 Å². The van der Waals surface area contributed by atoms with E-state index in [1.807, 2.05) is 0 Å². The van der Waals surface area contributed by atoms with Gasteiger partial charge in [-0.25, -0.2) is 9.78 Å². The fourth-order valence-corrected chi connectivity index (χ4v) is 2.28. The van der Waals surface area contributed by atoms with Gasteiger partial charge in [-0.05, 0) is 31.5 Å². The standard InChI is InChI=1S/C15H16N2O4/c1-9-7-10(2)17(14(18)12(9)15(19)20)8-11-5-4-6-16-13(11)21-3/h4-7H,8H2,1-3H3,(H,19,20). The Labute approximate surface area is 121 Å². The maximum absolute atomic E-state index is 12.4. The lowest BCUT2D eigenvalue weighted by atomic mass is 10.1. The summed E-state index contributed by atoms with van der Waals surface area (Å²) in [5.41, 5.74) is 1.13. The predicted molar refractivity (Wildman–Crippen MR) is 77.0 cm³/mol. The fourth-order valence-electron chi connectivity index (χ4n) is 2.28. The van der Waals surface area contributed by atoms with Gasteiger partial charge in [-0.1, -0.05) is 6.07 Å². The molecule has 0 spiro atoms. The number of methoxy groups -OCH3 is 1. The highest BCUT2D eigenvalue weighted by Crippen LogP contribution is 2.16. The van der Waals surface area contributed by atoms with E-state index in [1.165, 1.54) is 11.7 Å². The molecule has 6 heteroatoms. The number of hydrogen-bond donors (Lipinski definition) is 1. The SMILES string of the molecule is COc1ncccc1Cn1c(C)cc(C)c(C(=O)O)c1=O. The third-order valence-corrected chi connectivity index (χ3v) is 3.29. The van der Waals surface area contributed by atoms with Gasteiger partial charge in [0.15, 0.2) is 0 Å². The van der Waals surface area contributed by atoms with Crippen LogP contribution in [0.2, 0.25) is 0 Å². The molecule has 2 rings (SSSR count). The van der Waals surface area contributed by atoms with E-state index in [0.29, 0.717) is 22.7 Å². The van der Waals surface area contributed by atoms with E-state index < -0.39 is 11.5 Å². The smallest absolute Gasteiger partial charge is 0.341 e. The van der Waals surface area contributed by atoms with Crippen LogP contribution in [0.15, 0.2) is 29.2 Å². The number of carbonyl (C=O) groups is 1. The number of carboxylic acids is 1. The molecule has 21 heavy (non-hydrogen) atoms. The summed E-state index contributed by atoms with van der Waals surface area (Å²) in [7, 11) is 1.50. The molecule has 0 aromatic carbocycles. The lowest BCUT2D eigenvalue weighted by Gasteiger charge is -2.14. The van der Waals surface area contributed by atoms with E-state index in [2.05, 4.69) is 4.98 Å². The van der Waals surface area contributed by atoms with Gasteiger partial charge in [0.25, 0.3) is 5.56 Å². The minimum Gasteiger partial charge on any atom is -0.481 e. The largest absolute Gasteiger partial charge is 0.481 e. The molecule has 0 aliphatic carbocycles. The van der Waals surface area contributed by atoms with Crippen molar-refractivity contribution in [3.63, 3.8) is 0 Å². The molecule has 0 fully saturated rings. The number of hydrogen-bond acceptors (Lipinski definition) is 4. The number of ether oxygens (including phenoxy) is 1. The monoisotopic (exact) mass is 288 g/mol. The van der Waals surface area contributed by atoms with Crippen LogP contribution in [-0.2, 0) is 6.54 Å². The van der Waals surface area contributed by atoms with Gasteiger partial charge in [0.2, 0.25) is 5.88 Å². The molecular formula is C15H16N2O4. The maximum Gasteiger partial charge on any atom is 0.341 e. The van der Waals surface area contributed by atoms with Crippen LogP contribution in [0, 0.1) is 13.8 Å². The molecule has 2 aromatic rings. The van der Waals surface area contributed by atoms with Gasteiger partial charge in [-0.3, -0.25) is 4.79 Å². The first-order valence-corrected chi connectivity index (χ1v) is 6.38. The van der Waals surface area contributed by atoms with E-state index in [-0.39, 0.29) is 12.1 Å². The highest BCUT2D eigenvalue weighted by atomic mass is 16.5. The molecule has 6 nitrogen and oxygen atoms in total. The quantitative estimate of drug-likeness (QED) is 0.924. The first-order valence-electron chi connectivity index (χ1n) is 6.38. The van der Waals surface area contributed by atoms with Gasteiger partial charge in [-0.15, -0.1) is 0 Å². The van der Waals surface area contributed by atoms with Crippen LogP contribution in [0.5, 0.6) is 5.88 Å². The second kappa shape index (κ2) is 5.78. The van der Waals surface area contributed by atoms with Gasteiger partial charge < -0.3 is 14.4 Å². The van der Waals surface area contributed by atoms with Crippen molar-refractivity contribution < 1.29 is 14.6 Å². The average molecular weight is 288 g/mol. The summed E-state index contributed by atoms with van der Waals surface area (Å²) >= 11 is 0. The third-order valence-electron chi connectivity index (χ3n) is 3.29. The topological polar surface area (TPSA) is 81.4 Å². The number of pyridine rings is 2. The molecule has 0 saturated heterocycles. The molecule has 0 saturated carbocycles. The lowest BCUT2D eigenvalue weighted by Crippen LogP contribution is -2.29. The van der Waals surface area contributed by atoms with Crippen molar-refractivity contribution in [3.05, 3.63) is 57.1 Å². The molecule has 0 atom stereocenters. The summed E-state index contributed by atoms with van der Waals surface area (Å²) in [4.78, 5) is 27.7. The highest BCUT2D eigenvalue weighted by molar-refractivity contribution is 5.88. The normalized spacial score (nSPS) is 10.4. The Hall–Kier alpha value is -2.63. The van der Waals surface area contributed by atoms with E-state index in [4.69, 9.17) is 4.74 Å². The van der Waals surface area contributed by atoms with Crippen LogP contribution in [0.1, 0.15) is 27.2 Å². The number of aryl methyl sites for hydroxylation is 2. The van der Waals surface area contributed by atoms with Gasteiger partial charge in [0.05, 0.1) is 13.7 Å². The summed E-state index contributed by atoms with van der Waals surface area (Å²) < 4.78 is 6.57. The van der Waals surface area contributed by atoms with Gasteiger partial charge in [0.1, 0.15) is 5.56 Å². The number of nitrogens with zero attached hydrogens (tertiary/aromatic N) is 2. The maximum atomic E-state index is 12.4. The average Bonchev–Trinajstić information content (AvgIpc) is 2.43. The van der Waals surface area contributed by atoms with Crippen molar-refractivity contribution in [3.8, 4) is 5.88 Å². The van der Waals surface area contributed by atoms with E-state index in [0.717, 1.165) is 0 Å². The van der Waals surface area contributed by atoms with E-state index >= 15 is 0 Å². The molecule has 2 aromatic heterocycles. The summed E-state index contributed by atoms with van der Waals surface area (Å²) in [6, 6.07) is 5.22. The fraction of sp³-hybridized carbons (Fsp3) is 0.267. The van der Waals surface area contributed by atoms with E-state index in [1.54, 1.807) is 38.2 Å². The number of aromatic nitrogens is 2. The Morgan fingerprint density at radius 1 is 1.43 bits per heavy atom. The van der Waals surface area contributed by atoms with Crippen molar-refractivity contribution in [1.82, 2.24) is 9.55 Å². The molecule has 0 aliphatic rings. The first kappa shape index (κ1) is 14.8. The lowest BCUT2D eigenvalue weighted by molar-refractivity contribution is 0.0693. The number of carboxylic acid groups (broad SMARTS) is 1. The second-order valence-electron chi connectivity index (χ2n) is 4.71. The van der Waals surface area contributed by atoms with Gasteiger partial charge in [-0.2, -0.15) is 0 Å². The third kappa shape index (κ3) is 2.79. The van der Waals surface area contributed by atoms with Crippen LogP contribution in [0.25, 0.3) is 0 Å². The zero-order valence-electron chi connectivity index (χ0n) is 12.1. The molecule has 2 heterocycles. The van der Waals surface area contributed by atoms with Crippen LogP contribution in [0.4, 0.5) is 0 Å². The Balaban J connectivity index is 2.57. The summed E-state index contributed by atoms with van der Waals surface area (Å²) in [5, 5.41) is 9.18. The molecule has 0 bridgehead atoms. The van der Waals surface area contributed by atoms with Crippen molar-refractivity contribution in [2.45, 2.75) is 20.4 Å². The Kier molecular flexibility index (Phi) is 4.07. The van der Waals surface area contributed by atoms with Gasteiger partial charge >= 0.3 is 5.97 Å². The van der Waals surface area contributed by atoms with Crippen LogP contribution < -0.4 is 10.3 Å². The molecule has 0 amide bonds. The van der Waals surface area contributed by atoms with Gasteiger partial charge in [0, 0.05) is 17.5 Å². The molecule has 1 N–H and O–H groups in total. The minimum absolute atomic E-state index is 0.205. The Bertz CT molecular complexity index is 750. The Morgan fingerprint density at radius 3 is 2.76 bits per heavy atom.